The van der Waals surface area contributed by atoms with Gasteiger partial charge < -0.3 is 19.9 Å². The number of ether oxygens (including phenoxy) is 2. The maximum atomic E-state index is 12.4. The van der Waals surface area contributed by atoms with Gasteiger partial charge in [0.15, 0.2) is 0 Å². The van der Waals surface area contributed by atoms with Gasteiger partial charge in [-0.2, -0.15) is 0 Å². The molecule has 6 nitrogen and oxygen atoms in total. The Kier molecular flexibility index (Phi) is 7.75. The number of aliphatic hydroxyl groups is 1. The van der Waals surface area contributed by atoms with Gasteiger partial charge in [0.05, 0.1) is 6.61 Å². The summed E-state index contributed by atoms with van der Waals surface area (Å²) in [6.07, 6.45) is 2.97. The number of nitrogens with one attached hydrogen (secondary N) is 1. The number of allylic oxidation sites excluding steroid dienone is 1. The molecule has 0 heterocycles. The number of carbonyl (C=O) groups excluding carboxylic acids is 2. The Labute approximate surface area is 163 Å². The highest BCUT2D eigenvalue weighted by molar-refractivity contribution is 6.03. The van der Waals surface area contributed by atoms with Gasteiger partial charge in [-0.1, -0.05) is 43.5 Å². The number of carbonyl (C=O) groups is 2. The Morgan fingerprint density at radius 2 is 1.75 bits per heavy atom. The van der Waals surface area contributed by atoms with Gasteiger partial charge in [-0.3, -0.25) is 4.79 Å². The summed E-state index contributed by atoms with van der Waals surface area (Å²) in [5, 5.41) is 11.4. The first-order valence-electron chi connectivity index (χ1n) is 8.49. The summed E-state index contributed by atoms with van der Waals surface area (Å²) in [6.45, 7) is 6.75. The molecule has 0 aromatic heterocycles. The zero-order valence-electron chi connectivity index (χ0n) is 15.3. The van der Waals surface area contributed by atoms with E-state index in [1.54, 1.807) is 54.6 Å². The number of hydrogen-bond acceptors (Lipinski definition) is 5. The van der Waals surface area contributed by atoms with Crippen molar-refractivity contribution in [2.45, 2.75) is 0 Å². The number of rotatable bonds is 9. The molecule has 0 fully saturated rings. The van der Waals surface area contributed by atoms with Gasteiger partial charge in [0, 0.05) is 5.56 Å². The van der Waals surface area contributed by atoms with Crippen LogP contribution in [0.2, 0.25) is 0 Å². The van der Waals surface area contributed by atoms with E-state index < -0.39 is 11.9 Å². The fourth-order valence-electron chi connectivity index (χ4n) is 2.14. The molecule has 0 saturated heterocycles. The van der Waals surface area contributed by atoms with E-state index >= 15 is 0 Å². The molecule has 0 aliphatic heterocycles. The van der Waals surface area contributed by atoms with E-state index in [4.69, 9.17) is 14.6 Å². The molecule has 2 N–H and O–H groups in total. The fraction of sp³-hybridized carbons (Fsp3) is 0.0909. The molecular formula is C22H21NO5. The van der Waals surface area contributed by atoms with E-state index in [1.807, 2.05) is 0 Å². The van der Waals surface area contributed by atoms with Crippen molar-refractivity contribution in [2.24, 2.45) is 0 Å². The van der Waals surface area contributed by atoms with E-state index in [2.05, 4.69) is 18.5 Å². The first kappa shape index (κ1) is 20.7. The van der Waals surface area contributed by atoms with Gasteiger partial charge >= 0.3 is 5.97 Å². The molecule has 1 amide bonds. The van der Waals surface area contributed by atoms with Gasteiger partial charge in [-0.05, 0) is 42.0 Å². The van der Waals surface area contributed by atoms with Gasteiger partial charge in [0.2, 0.25) is 0 Å². The van der Waals surface area contributed by atoms with E-state index in [0.717, 1.165) is 0 Å². The lowest BCUT2D eigenvalue weighted by Crippen LogP contribution is -2.29. The zero-order valence-corrected chi connectivity index (χ0v) is 15.3. The molecule has 0 spiro atoms. The van der Waals surface area contributed by atoms with Crippen molar-refractivity contribution in [1.29, 1.82) is 0 Å². The molecule has 0 aliphatic carbocycles. The second-order valence-electron chi connectivity index (χ2n) is 5.58. The standard InChI is InChI=1S/C22H21NO5/c1-3-16(2)28-19-11-9-17(10-12-19)15-20(22(26)27-14-13-24)23-21(25)18-7-5-4-6-8-18/h3-12,15,24H,1-2,13-14H2,(H,23,25). The average molecular weight is 379 g/mol. The first-order valence-corrected chi connectivity index (χ1v) is 8.49. The number of amides is 1. The summed E-state index contributed by atoms with van der Waals surface area (Å²) < 4.78 is 10.4. The van der Waals surface area contributed by atoms with Crippen LogP contribution in [0.15, 0.2) is 85.3 Å². The Hall–Kier alpha value is -3.64. The second-order valence-corrected chi connectivity index (χ2v) is 5.58. The maximum absolute atomic E-state index is 12.4. The minimum absolute atomic E-state index is 0.0496. The van der Waals surface area contributed by atoms with Crippen LogP contribution in [0, 0.1) is 0 Å². The van der Waals surface area contributed by atoms with Crippen LogP contribution in [0.4, 0.5) is 0 Å². The summed E-state index contributed by atoms with van der Waals surface area (Å²) in [5.74, 6) is -0.236. The molecule has 0 bridgehead atoms. The SMILES string of the molecule is C=CC(=C)Oc1ccc(C=C(NC(=O)c2ccccc2)C(=O)OCCO)cc1. The summed E-state index contributed by atoms with van der Waals surface area (Å²) in [6, 6.07) is 15.3. The molecule has 28 heavy (non-hydrogen) atoms. The summed E-state index contributed by atoms with van der Waals surface area (Å²) >= 11 is 0. The van der Waals surface area contributed by atoms with Crippen LogP contribution >= 0.6 is 0 Å². The topological polar surface area (TPSA) is 84.9 Å². The fourth-order valence-corrected chi connectivity index (χ4v) is 2.14. The lowest BCUT2D eigenvalue weighted by atomic mass is 10.1. The Balaban J connectivity index is 2.22. The Morgan fingerprint density at radius 3 is 2.36 bits per heavy atom. The van der Waals surface area contributed by atoms with Crippen LogP contribution in [0.5, 0.6) is 5.75 Å². The van der Waals surface area contributed by atoms with Crippen LogP contribution in [0.1, 0.15) is 15.9 Å². The monoisotopic (exact) mass is 379 g/mol. The van der Waals surface area contributed by atoms with E-state index in [-0.39, 0.29) is 18.9 Å². The van der Waals surface area contributed by atoms with Gasteiger partial charge in [0.1, 0.15) is 23.8 Å². The predicted octanol–water partition coefficient (Wildman–Crippen LogP) is 3.07. The summed E-state index contributed by atoms with van der Waals surface area (Å²) in [7, 11) is 0. The maximum Gasteiger partial charge on any atom is 0.354 e. The number of benzene rings is 2. The van der Waals surface area contributed by atoms with Crippen molar-refractivity contribution in [2.75, 3.05) is 13.2 Å². The van der Waals surface area contributed by atoms with Crippen LogP contribution in [-0.2, 0) is 9.53 Å². The third-order valence-electron chi connectivity index (χ3n) is 3.50. The van der Waals surface area contributed by atoms with E-state index in [0.29, 0.717) is 22.6 Å². The minimum Gasteiger partial charge on any atom is -0.459 e. The van der Waals surface area contributed by atoms with Crippen molar-refractivity contribution in [3.05, 3.63) is 96.4 Å². The molecule has 0 atom stereocenters. The summed E-state index contributed by atoms with van der Waals surface area (Å²) in [5.41, 5.74) is 0.988. The third kappa shape index (κ3) is 6.26. The van der Waals surface area contributed by atoms with Crippen LogP contribution < -0.4 is 10.1 Å². The van der Waals surface area contributed by atoms with Crippen LogP contribution in [0.25, 0.3) is 6.08 Å². The number of hydrogen-bond donors (Lipinski definition) is 2. The molecule has 2 aromatic carbocycles. The van der Waals surface area contributed by atoms with E-state index in [9.17, 15) is 9.59 Å². The Bertz CT molecular complexity index is 870. The molecule has 2 aromatic rings. The van der Waals surface area contributed by atoms with Crippen molar-refractivity contribution in [3.8, 4) is 5.75 Å². The van der Waals surface area contributed by atoms with Crippen molar-refractivity contribution in [1.82, 2.24) is 5.32 Å². The second kappa shape index (κ2) is 10.5. The van der Waals surface area contributed by atoms with E-state index in [1.165, 1.54) is 12.2 Å². The normalized spacial score (nSPS) is 10.7. The lowest BCUT2D eigenvalue weighted by molar-refractivity contribution is -0.140. The van der Waals surface area contributed by atoms with Crippen molar-refractivity contribution < 1.29 is 24.2 Å². The van der Waals surface area contributed by atoms with Gasteiger partial charge in [-0.25, -0.2) is 4.79 Å². The third-order valence-corrected chi connectivity index (χ3v) is 3.50. The zero-order chi connectivity index (χ0) is 20.4. The molecule has 0 radical (unpaired) electrons. The van der Waals surface area contributed by atoms with Gasteiger partial charge in [-0.15, -0.1) is 0 Å². The number of aliphatic hydroxyl groups excluding tert-OH is 1. The molecule has 0 aliphatic rings. The molecule has 144 valence electrons. The largest absolute Gasteiger partial charge is 0.459 e. The predicted molar refractivity (Wildman–Crippen MR) is 106 cm³/mol. The highest BCUT2D eigenvalue weighted by Gasteiger charge is 2.16. The average Bonchev–Trinajstić information content (AvgIpc) is 2.73. The quantitative estimate of drug-likeness (QED) is 0.303. The molecule has 0 unspecified atom stereocenters. The summed E-state index contributed by atoms with van der Waals surface area (Å²) in [4.78, 5) is 24.6. The molecule has 6 heteroatoms. The smallest absolute Gasteiger partial charge is 0.354 e. The number of esters is 1. The molecule has 2 rings (SSSR count). The molecule has 0 saturated carbocycles. The minimum atomic E-state index is -0.751. The molecular weight excluding hydrogens is 358 g/mol. The van der Waals surface area contributed by atoms with Gasteiger partial charge in [0.25, 0.3) is 5.91 Å². The van der Waals surface area contributed by atoms with Crippen LogP contribution in [0.3, 0.4) is 0 Å². The Morgan fingerprint density at radius 1 is 1.07 bits per heavy atom. The first-order chi connectivity index (χ1) is 13.5. The van der Waals surface area contributed by atoms with Crippen molar-refractivity contribution >= 4 is 18.0 Å². The highest BCUT2D eigenvalue weighted by Crippen LogP contribution is 2.17. The lowest BCUT2D eigenvalue weighted by Gasteiger charge is -2.10. The van der Waals surface area contributed by atoms with Crippen LogP contribution in [-0.4, -0.2) is 30.2 Å². The van der Waals surface area contributed by atoms with Crippen molar-refractivity contribution in [3.63, 3.8) is 0 Å². The highest BCUT2D eigenvalue weighted by atomic mass is 16.5.